The van der Waals surface area contributed by atoms with Crippen LogP contribution in [0.1, 0.15) is 13.8 Å². The summed E-state index contributed by atoms with van der Waals surface area (Å²) in [5.41, 5.74) is 10.4. The highest BCUT2D eigenvalue weighted by Crippen LogP contribution is 1.88. The summed E-state index contributed by atoms with van der Waals surface area (Å²) in [7, 11) is 0. The van der Waals surface area contributed by atoms with Gasteiger partial charge in [-0.05, 0) is 5.92 Å². The third-order valence-electron chi connectivity index (χ3n) is 0.770. The average molecular weight is 88.2 g/mol. The van der Waals surface area contributed by atoms with E-state index in [0.717, 1.165) is 0 Å². The fraction of sp³-hybridized carbons (Fsp3) is 1.00. The fourth-order valence-corrected chi connectivity index (χ4v) is 0. The Balaban J connectivity index is 2.99. The van der Waals surface area contributed by atoms with Crippen LogP contribution in [0.5, 0.6) is 0 Å². The van der Waals surface area contributed by atoms with E-state index >= 15 is 0 Å². The first kappa shape index (κ1) is 5.92. The molecule has 2 heteroatoms. The second-order valence-electron chi connectivity index (χ2n) is 1.82. The monoisotopic (exact) mass is 88.1 g/mol. The summed E-state index contributed by atoms with van der Waals surface area (Å²) >= 11 is 0. The summed E-state index contributed by atoms with van der Waals surface area (Å²) < 4.78 is 0. The van der Waals surface area contributed by atoms with E-state index < -0.39 is 0 Å². The normalized spacial score (nSPS) is 11.0. The minimum absolute atomic E-state index is 0.148. The molecule has 0 fully saturated rings. The van der Waals surface area contributed by atoms with Gasteiger partial charge in [0.15, 0.2) is 0 Å². The summed E-state index contributed by atoms with van der Waals surface area (Å²) in [5.74, 6) is 0.407. The van der Waals surface area contributed by atoms with E-state index in [2.05, 4.69) is 0 Å². The van der Waals surface area contributed by atoms with Gasteiger partial charge in [0.05, 0.1) is 6.17 Å². The molecule has 0 saturated heterocycles. The van der Waals surface area contributed by atoms with Crippen molar-refractivity contribution >= 4 is 0 Å². The smallest absolute Gasteiger partial charge is 0.0544 e. The summed E-state index contributed by atoms with van der Waals surface area (Å²) in [5, 5.41) is 0. The van der Waals surface area contributed by atoms with Gasteiger partial charge >= 0.3 is 0 Å². The molecule has 0 heterocycles. The van der Waals surface area contributed by atoms with Crippen LogP contribution in [0.25, 0.3) is 0 Å². The van der Waals surface area contributed by atoms with Crippen molar-refractivity contribution in [1.82, 2.24) is 0 Å². The Morgan fingerprint density at radius 1 is 1.17 bits per heavy atom. The second-order valence-corrected chi connectivity index (χ2v) is 1.82. The predicted octanol–water partition coefficient (Wildman–Crippen LogP) is -0.114. The van der Waals surface area contributed by atoms with E-state index in [0.29, 0.717) is 5.92 Å². The van der Waals surface area contributed by atoms with Crippen molar-refractivity contribution < 1.29 is 0 Å². The molecule has 0 amide bonds. The second kappa shape index (κ2) is 2.16. The van der Waals surface area contributed by atoms with Crippen LogP contribution in [0.2, 0.25) is 0 Å². The van der Waals surface area contributed by atoms with Crippen molar-refractivity contribution in [1.29, 1.82) is 0 Å². The first-order valence-electron chi connectivity index (χ1n) is 2.15. The Labute approximate surface area is 38.5 Å². The minimum atomic E-state index is -0.148. The molecule has 0 atom stereocenters. The van der Waals surface area contributed by atoms with E-state index in [4.69, 9.17) is 11.5 Å². The summed E-state index contributed by atoms with van der Waals surface area (Å²) in [6, 6.07) is 0. The largest absolute Gasteiger partial charge is 0.316 e. The molecule has 2 nitrogen and oxygen atoms in total. The van der Waals surface area contributed by atoms with Gasteiger partial charge in [-0.15, -0.1) is 0 Å². The van der Waals surface area contributed by atoms with Gasteiger partial charge in [-0.2, -0.15) is 0 Å². The quantitative estimate of drug-likeness (QED) is 0.439. The molecule has 0 unspecified atom stereocenters. The lowest BCUT2D eigenvalue weighted by atomic mass is 10.2. The van der Waals surface area contributed by atoms with Crippen LogP contribution in [0.4, 0.5) is 0 Å². The van der Waals surface area contributed by atoms with Gasteiger partial charge in [-0.3, -0.25) is 0 Å². The molecule has 0 aromatic heterocycles. The van der Waals surface area contributed by atoms with Gasteiger partial charge in [0.2, 0.25) is 0 Å². The van der Waals surface area contributed by atoms with E-state index in [1.807, 2.05) is 13.8 Å². The molecule has 0 aromatic carbocycles. The average Bonchev–Trinajstić information content (AvgIpc) is 1.36. The van der Waals surface area contributed by atoms with Gasteiger partial charge in [0, 0.05) is 0 Å². The highest BCUT2D eigenvalue weighted by molar-refractivity contribution is 4.53. The maximum atomic E-state index is 5.21. The van der Waals surface area contributed by atoms with Crippen LogP contribution in [-0.4, -0.2) is 6.17 Å². The van der Waals surface area contributed by atoms with Crippen molar-refractivity contribution in [2.24, 2.45) is 17.4 Å². The fourth-order valence-electron chi connectivity index (χ4n) is 0. The first-order chi connectivity index (χ1) is 2.64. The summed E-state index contributed by atoms with van der Waals surface area (Å²) in [6.07, 6.45) is -0.148. The molecular weight excluding hydrogens is 76.1 g/mol. The van der Waals surface area contributed by atoms with Crippen LogP contribution in [0.15, 0.2) is 0 Å². The molecule has 0 radical (unpaired) electrons. The Morgan fingerprint density at radius 2 is 1.33 bits per heavy atom. The standard InChI is InChI=1S/C4H12N2/c1-3(2)4(5)6/h3-4H,5-6H2,1-2H3. The SMILES string of the molecule is CC(C)C(N)N. The Morgan fingerprint density at radius 3 is 1.33 bits per heavy atom. The van der Waals surface area contributed by atoms with Gasteiger partial charge in [-0.1, -0.05) is 13.8 Å². The van der Waals surface area contributed by atoms with Crippen LogP contribution in [0.3, 0.4) is 0 Å². The Kier molecular flexibility index (Phi) is 2.13. The number of hydrogen-bond donors (Lipinski definition) is 2. The van der Waals surface area contributed by atoms with Gasteiger partial charge in [0.25, 0.3) is 0 Å². The van der Waals surface area contributed by atoms with Gasteiger partial charge in [-0.25, -0.2) is 0 Å². The van der Waals surface area contributed by atoms with Gasteiger partial charge in [0.1, 0.15) is 0 Å². The molecule has 0 aliphatic carbocycles. The minimum Gasteiger partial charge on any atom is -0.316 e. The van der Waals surface area contributed by atoms with Crippen molar-refractivity contribution in [3.05, 3.63) is 0 Å². The van der Waals surface area contributed by atoms with Crippen LogP contribution in [0, 0.1) is 5.92 Å². The zero-order valence-electron chi connectivity index (χ0n) is 4.31. The van der Waals surface area contributed by atoms with Crippen LogP contribution >= 0.6 is 0 Å². The predicted molar refractivity (Wildman–Crippen MR) is 27.0 cm³/mol. The third kappa shape index (κ3) is 2.18. The first-order valence-corrected chi connectivity index (χ1v) is 2.15. The molecule has 0 rings (SSSR count). The molecule has 0 aliphatic heterocycles. The molecule has 0 spiro atoms. The molecule has 0 saturated carbocycles. The van der Waals surface area contributed by atoms with E-state index in [9.17, 15) is 0 Å². The van der Waals surface area contributed by atoms with E-state index in [1.165, 1.54) is 0 Å². The topological polar surface area (TPSA) is 52.0 Å². The van der Waals surface area contributed by atoms with Crippen LogP contribution in [-0.2, 0) is 0 Å². The molecule has 6 heavy (non-hydrogen) atoms. The molecular formula is C4H12N2. The highest BCUT2D eigenvalue weighted by atomic mass is 14.9. The number of nitrogens with two attached hydrogens (primary N) is 2. The molecule has 38 valence electrons. The lowest BCUT2D eigenvalue weighted by molar-refractivity contribution is 0.509. The van der Waals surface area contributed by atoms with E-state index in [1.54, 1.807) is 0 Å². The lowest BCUT2D eigenvalue weighted by Crippen LogP contribution is -2.35. The highest BCUT2D eigenvalue weighted by Gasteiger charge is 1.96. The third-order valence-corrected chi connectivity index (χ3v) is 0.770. The van der Waals surface area contributed by atoms with E-state index in [-0.39, 0.29) is 6.17 Å². The van der Waals surface area contributed by atoms with Crippen molar-refractivity contribution in [2.75, 3.05) is 0 Å². The van der Waals surface area contributed by atoms with Crippen molar-refractivity contribution in [2.45, 2.75) is 20.0 Å². The maximum absolute atomic E-state index is 5.21. The van der Waals surface area contributed by atoms with Crippen molar-refractivity contribution in [3.8, 4) is 0 Å². The zero-order chi connectivity index (χ0) is 5.15. The molecule has 4 N–H and O–H groups in total. The molecule has 0 aromatic rings. The summed E-state index contributed by atoms with van der Waals surface area (Å²) in [6.45, 7) is 3.98. The van der Waals surface area contributed by atoms with Crippen molar-refractivity contribution in [3.63, 3.8) is 0 Å². The number of hydrogen-bond acceptors (Lipinski definition) is 2. The van der Waals surface area contributed by atoms with Gasteiger partial charge < -0.3 is 11.5 Å². The maximum Gasteiger partial charge on any atom is 0.0544 e. The Bertz CT molecular complexity index is 26.5. The molecule has 0 aliphatic rings. The molecule has 0 bridgehead atoms. The number of rotatable bonds is 1. The Hall–Kier alpha value is -0.0800. The summed E-state index contributed by atoms with van der Waals surface area (Å²) in [4.78, 5) is 0. The zero-order valence-corrected chi connectivity index (χ0v) is 4.31. The lowest BCUT2D eigenvalue weighted by Gasteiger charge is -2.06. The van der Waals surface area contributed by atoms with Crippen LogP contribution < -0.4 is 11.5 Å².